The van der Waals surface area contributed by atoms with Gasteiger partial charge in [0.1, 0.15) is 18.4 Å². The first-order valence-corrected chi connectivity index (χ1v) is 10.5. The van der Waals surface area contributed by atoms with Crippen molar-refractivity contribution in [2.24, 2.45) is 0 Å². The van der Waals surface area contributed by atoms with E-state index in [-0.39, 0.29) is 42.2 Å². The highest BCUT2D eigenvalue weighted by Gasteiger charge is 2.40. The first kappa shape index (κ1) is 22.1. The van der Waals surface area contributed by atoms with E-state index in [1.54, 1.807) is 0 Å². The molecule has 1 aliphatic rings. The van der Waals surface area contributed by atoms with Crippen molar-refractivity contribution in [2.45, 2.75) is 36.5 Å². The first-order valence-electron chi connectivity index (χ1n) is 9.03. The van der Waals surface area contributed by atoms with Gasteiger partial charge in [0, 0.05) is 12.1 Å². The number of hydroxylamine groups is 1. The molecule has 1 aliphatic heterocycles. The van der Waals surface area contributed by atoms with Crippen LogP contribution in [-0.4, -0.2) is 47.6 Å². The average Bonchev–Trinajstić information content (AvgIpc) is 2.74. The van der Waals surface area contributed by atoms with Crippen LogP contribution in [0, 0.1) is 11.6 Å². The number of halogens is 2. The van der Waals surface area contributed by atoms with Crippen molar-refractivity contribution in [3.63, 3.8) is 0 Å². The number of benzene rings is 2. The summed E-state index contributed by atoms with van der Waals surface area (Å²) < 4.78 is 59.1. The molecule has 1 heterocycles. The molecule has 0 aliphatic carbocycles. The lowest BCUT2D eigenvalue weighted by Gasteiger charge is -2.35. The molecular weight excluding hydrogens is 422 g/mol. The number of aliphatic hydroxyl groups is 1. The Labute approximate surface area is 171 Å². The Balaban J connectivity index is 1.76. The van der Waals surface area contributed by atoms with Gasteiger partial charge in [-0.2, -0.15) is 4.31 Å². The van der Waals surface area contributed by atoms with Crippen LogP contribution in [0.1, 0.15) is 18.4 Å². The summed E-state index contributed by atoms with van der Waals surface area (Å²) in [4.78, 5) is 11.7. The second-order valence-corrected chi connectivity index (χ2v) is 8.66. The zero-order valence-electron chi connectivity index (χ0n) is 15.7. The fourth-order valence-corrected chi connectivity index (χ4v) is 4.84. The SMILES string of the molecule is O=C(NO)[C@H]1CC[C@@H](O)CN1S(=O)(=O)c1ccc(OCc2cccc(F)c2F)cc1. The van der Waals surface area contributed by atoms with E-state index in [1.807, 2.05) is 0 Å². The smallest absolute Gasteiger partial charge is 0.261 e. The molecule has 0 bridgehead atoms. The van der Waals surface area contributed by atoms with E-state index in [2.05, 4.69) is 0 Å². The number of hydrogen-bond donors (Lipinski definition) is 3. The normalized spacial score (nSPS) is 20.0. The number of aliphatic hydroxyl groups excluding tert-OH is 1. The van der Waals surface area contributed by atoms with Gasteiger partial charge in [0.25, 0.3) is 5.91 Å². The second-order valence-electron chi connectivity index (χ2n) is 6.77. The Morgan fingerprint density at radius 3 is 2.53 bits per heavy atom. The Hall–Kier alpha value is -2.60. The van der Waals surface area contributed by atoms with E-state index < -0.39 is 39.7 Å². The van der Waals surface area contributed by atoms with Crippen LogP contribution >= 0.6 is 0 Å². The van der Waals surface area contributed by atoms with Crippen LogP contribution < -0.4 is 10.2 Å². The number of amides is 1. The van der Waals surface area contributed by atoms with E-state index in [4.69, 9.17) is 9.94 Å². The second kappa shape index (κ2) is 9.04. The number of β-amino-alcohol motifs (C(OH)–C–C–N with tert-alkyl or cyclic N) is 1. The maximum absolute atomic E-state index is 13.7. The highest BCUT2D eigenvalue weighted by molar-refractivity contribution is 7.89. The molecule has 11 heteroatoms. The zero-order chi connectivity index (χ0) is 21.9. The number of hydrogen-bond acceptors (Lipinski definition) is 6. The van der Waals surface area contributed by atoms with Crippen LogP contribution in [0.4, 0.5) is 8.78 Å². The van der Waals surface area contributed by atoms with Crippen LogP contribution in [0.3, 0.4) is 0 Å². The van der Waals surface area contributed by atoms with Crippen molar-refractivity contribution in [1.29, 1.82) is 0 Å². The van der Waals surface area contributed by atoms with Crippen molar-refractivity contribution >= 4 is 15.9 Å². The predicted molar refractivity (Wildman–Crippen MR) is 100.0 cm³/mol. The standard InChI is InChI=1S/C19H20F2N2O6S/c20-16-3-1-2-12(18(16)21)11-29-14-5-7-15(8-6-14)30(27,28)23-10-13(24)4-9-17(23)19(25)22-26/h1-3,5-8,13,17,24,26H,4,9-11H2,(H,22,25)/t13-,17-/m1/s1. The number of carbonyl (C=O) groups is 1. The van der Waals surface area contributed by atoms with Gasteiger partial charge in [-0.3, -0.25) is 10.0 Å². The molecule has 3 rings (SSSR count). The summed E-state index contributed by atoms with van der Waals surface area (Å²) in [6.45, 7) is -0.551. The van der Waals surface area contributed by atoms with Crippen molar-refractivity contribution < 1.29 is 37.0 Å². The molecule has 1 saturated heterocycles. The Morgan fingerprint density at radius 2 is 1.87 bits per heavy atom. The Morgan fingerprint density at radius 1 is 1.17 bits per heavy atom. The van der Waals surface area contributed by atoms with Crippen molar-refractivity contribution in [2.75, 3.05) is 6.54 Å². The topological polar surface area (TPSA) is 116 Å². The summed E-state index contributed by atoms with van der Waals surface area (Å²) in [6.07, 6.45) is -0.674. The molecule has 0 unspecified atom stereocenters. The van der Waals surface area contributed by atoms with Crippen LogP contribution in [0.15, 0.2) is 47.4 Å². The molecule has 2 atom stereocenters. The number of piperidine rings is 1. The number of sulfonamides is 1. The Kier molecular flexibility index (Phi) is 6.66. The van der Waals surface area contributed by atoms with Gasteiger partial charge in [-0.25, -0.2) is 22.7 Å². The number of ether oxygens (including phenoxy) is 1. The maximum atomic E-state index is 13.7. The molecule has 0 spiro atoms. The molecule has 2 aromatic rings. The van der Waals surface area contributed by atoms with Gasteiger partial charge in [-0.05, 0) is 43.2 Å². The third-order valence-electron chi connectivity index (χ3n) is 4.78. The molecule has 162 valence electrons. The summed E-state index contributed by atoms with van der Waals surface area (Å²) in [5, 5.41) is 18.7. The highest BCUT2D eigenvalue weighted by Crippen LogP contribution is 2.27. The van der Waals surface area contributed by atoms with E-state index in [0.717, 1.165) is 10.4 Å². The third kappa shape index (κ3) is 4.59. The monoisotopic (exact) mass is 442 g/mol. The molecule has 1 amide bonds. The lowest BCUT2D eigenvalue weighted by atomic mass is 10.0. The minimum absolute atomic E-state index is 0.00635. The summed E-state index contributed by atoms with van der Waals surface area (Å²) in [7, 11) is -4.16. The molecule has 0 radical (unpaired) electrons. The number of rotatable bonds is 6. The van der Waals surface area contributed by atoms with E-state index in [1.165, 1.54) is 41.9 Å². The zero-order valence-corrected chi connectivity index (χ0v) is 16.5. The van der Waals surface area contributed by atoms with Crippen LogP contribution in [0.5, 0.6) is 5.75 Å². The molecule has 0 saturated carbocycles. The molecule has 30 heavy (non-hydrogen) atoms. The summed E-state index contributed by atoms with van der Waals surface area (Å²) in [6, 6.07) is 7.69. The maximum Gasteiger partial charge on any atom is 0.261 e. The van der Waals surface area contributed by atoms with Gasteiger partial charge in [0.15, 0.2) is 11.6 Å². The Bertz CT molecular complexity index is 1020. The summed E-state index contributed by atoms with van der Waals surface area (Å²) >= 11 is 0. The summed E-state index contributed by atoms with van der Waals surface area (Å²) in [5.41, 5.74) is 1.46. The van der Waals surface area contributed by atoms with Crippen LogP contribution in [-0.2, 0) is 21.4 Å². The number of carbonyl (C=O) groups excluding carboxylic acids is 1. The van der Waals surface area contributed by atoms with Gasteiger partial charge in [-0.15, -0.1) is 0 Å². The molecule has 3 N–H and O–H groups in total. The lowest BCUT2D eigenvalue weighted by molar-refractivity contribution is -0.135. The minimum Gasteiger partial charge on any atom is -0.489 e. The molecule has 8 nitrogen and oxygen atoms in total. The highest BCUT2D eigenvalue weighted by atomic mass is 32.2. The summed E-state index contributed by atoms with van der Waals surface area (Å²) in [5.74, 6) is -2.68. The fourth-order valence-electron chi connectivity index (χ4n) is 3.19. The molecular formula is C19H20F2N2O6S. The van der Waals surface area contributed by atoms with Gasteiger partial charge in [0.05, 0.1) is 11.0 Å². The van der Waals surface area contributed by atoms with Crippen LogP contribution in [0.25, 0.3) is 0 Å². The van der Waals surface area contributed by atoms with E-state index >= 15 is 0 Å². The fraction of sp³-hybridized carbons (Fsp3) is 0.316. The largest absolute Gasteiger partial charge is 0.489 e. The number of nitrogens with zero attached hydrogens (tertiary/aromatic N) is 1. The van der Waals surface area contributed by atoms with Gasteiger partial charge >= 0.3 is 0 Å². The van der Waals surface area contributed by atoms with E-state index in [9.17, 15) is 27.1 Å². The molecule has 2 aromatic carbocycles. The average molecular weight is 442 g/mol. The first-order chi connectivity index (χ1) is 14.2. The van der Waals surface area contributed by atoms with Crippen molar-refractivity contribution in [1.82, 2.24) is 9.79 Å². The third-order valence-corrected chi connectivity index (χ3v) is 6.67. The van der Waals surface area contributed by atoms with Crippen molar-refractivity contribution in [3.05, 3.63) is 59.7 Å². The van der Waals surface area contributed by atoms with Gasteiger partial charge in [-0.1, -0.05) is 12.1 Å². The lowest BCUT2D eigenvalue weighted by Crippen LogP contribution is -2.54. The minimum atomic E-state index is -4.16. The molecule has 0 aromatic heterocycles. The quantitative estimate of drug-likeness (QED) is 0.462. The van der Waals surface area contributed by atoms with Crippen molar-refractivity contribution in [3.8, 4) is 5.75 Å². The molecule has 1 fully saturated rings. The van der Waals surface area contributed by atoms with Crippen LogP contribution in [0.2, 0.25) is 0 Å². The van der Waals surface area contributed by atoms with Gasteiger partial charge < -0.3 is 9.84 Å². The number of nitrogens with one attached hydrogen (secondary N) is 1. The predicted octanol–water partition coefficient (Wildman–Crippen LogP) is 1.56. The van der Waals surface area contributed by atoms with E-state index in [0.29, 0.717) is 0 Å². The van der Waals surface area contributed by atoms with Gasteiger partial charge in [0.2, 0.25) is 10.0 Å².